The molecular weight excluding hydrogens is 362 g/mol. The van der Waals surface area contributed by atoms with Crippen molar-refractivity contribution in [2.24, 2.45) is 0 Å². The molecule has 23 heavy (non-hydrogen) atoms. The maximum Gasteiger partial charge on any atom is 0.318 e. The molecule has 5 nitrogen and oxygen atoms in total. The molecule has 1 amide bonds. The van der Waals surface area contributed by atoms with Crippen molar-refractivity contribution in [1.29, 1.82) is 0 Å². The highest BCUT2D eigenvalue weighted by molar-refractivity contribution is 9.09. The molecule has 2 aromatic rings. The number of carbonyl (C=O) groups is 3. The molecule has 0 spiro atoms. The number of Topliss-reactive ketones (excluding diaryl/α,β-unsaturated/α-hetero) is 1. The van der Waals surface area contributed by atoms with Gasteiger partial charge in [0.15, 0.2) is 0 Å². The SMILES string of the molecule is O=C(CBr)OC1(c2ccccc2)C(=O)Nc2ccccc2C1=O. The van der Waals surface area contributed by atoms with Crippen LogP contribution in [0.25, 0.3) is 0 Å². The van der Waals surface area contributed by atoms with Crippen LogP contribution in [0.2, 0.25) is 0 Å². The van der Waals surface area contributed by atoms with Crippen molar-refractivity contribution in [2.45, 2.75) is 5.60 Å². The van der Waals surface area contributed by atoms with Gasteiger partial charge in [-0.05, 0) is 12.1 Å². The summed E-state index contributed by atoms with van der Waals surface area (Å²) < 4.78 is 5.35. The zero-order valence-electron chi connectivity index (χ0n) is 11.9. The van der Waals surface area contributed by atoms with E-state index in [-0.39, 0.29) is 5.33 Å². The fourth-order valence-electron chi connectivity index (χ4n) is 2.58. The molecular formula is C17H12BrNO4. The molecule has 2 aromatic carbocycles. The van der Waals surface area contributed by atoms with Crippen molar-refractivity contribution in [3.05, 3.63) is 65.7 Å². The number of rotatable bonds is 3. The van der Waals surface area contributed by atoms with E-state index >= 15 is 0 Å². The zero-order chi connectivity index (χ0) is 16.4. The van der Waals surface area contributed by atoms with Gasteiger partial charge in [0, 0.05) is 11.1 Å². The maximum atomic E-state index is 13.0. The number of hydrogen-bond acceptors (Lipinski definition) is 4. The molecule has 0 aromatic heterocycles. The highest BCUT2D eigenvalue weighted by Gasteiger charge is 2.54. The summed E-state index contributed by atoms with van der Waals surface area (Å²) in [6.45, 7) is 0. The van der Waals surface area contributed by atoms with E-state index in [9.17, 15) is 14.4 Å². The molecule has 0 fully saturated rings. The summed E-state index contributed by atoms with van der Waals surface area (Å²) in [4.78, 5) is 37.6. The molecule has 0 radical (unpaired) electrons. The highest BCUT2D eigenvalue weighted by atomic mass is 79.9. The predicted molar refractivity (Wildman–Crippen MR) is 87.4 cm³/mol. The first-order chi connectivity index (χ1) is 11.1. The van der Waals surface area contributed by atoms with Gasteiger partial charge < -0.3 is 10.1 Å². The van der Waals surface area contributed by atoms with Crippen LogP contribution in [-0.4, -0.2) is 23.0 Å². The summed E-state index contributed by atoms with van der Waals surface area (Å²) in [7, 11) is 0. The van der Waals surface area contributed by atoms with Gasteiger partial charge in [0.05, 0.1) is 5.69 Å². The average molecular weight is 374 g/mol. The first kappa shape index (κ1) is 15.4. The van der Waals surface area contributed by atoms with E-state index in [4.69, 9.17) is 4.74 Å². The summed E-state index contributed by atoms with van der Waals surface area (Å²) in [6, 6.07) is 14.9. The standard InChI is InChI=1S/C17H12BrNO4/c18-10-14(20)23-17(11-6-2-1-3-7-11)15(21)12-8-4-5-9-13(12)19-16(17)22/h1-9H,10H2,(H,19,22). The van der Waals surface area contributed by atoms with E-state index in [0.717, 1.165) is 0 Å². The summed E-state index contributed by atoms with van der Waals surface area (Å²) in [6.07, 6.45) is 0. The normalized spacial score (nSPS) is 19.7. The number of ketones is 1. The first-order valence-corrected chi connectivity index (χ1v) is 8.00. The second kappa shape index (κ2) is 5.96. The van der Waals surface area contributed by atoms with Crippen molar-refractivity contribution in [3.63, 3.8) is 0 Å². The monoisotopic (exact) mass is 373 g/mol. The Labute approximate surface area is 140 Å². The topological polar surface area (TPSA) is 72.5 Å². The number of nitrogens with one attached hydrogen (secondary N) is 1. The Morgan fingerprint density at radius 1 is 1.04 bits per heavy atom. The van der Waals surface area contributed by atoms with Crippen LogP contribution in [0, 0.1) is 0 Å². The number of amides is 1. The number of ether oxygens (including phenoxy) is 1. The van der Waals surface area contributed by atoms with Gasteiger partial charge in [-0.3, -0.25) is 14.4 Å². The fourth-order valence-corrected chi connectivity index (χ4v) is 2.69. The molecule has 116 valence electrons. The molecule has 0 saturated heterocycles. The molecule has 6 heteroatoms. The highest BCUT2D eigenvalue weighted by Crippen LogP contribution is 2.38. The van der Waals surface area contributed by atoms with Crippen molar-refractivity contribution in [3.8, 4) is 0 Å². The second-order valence-electron chi connectivity index (χ2n) is 4.98. The molecule has 3 rings (SSSR count). The first-order valence-electron chi connectivity index (χ1n) is 6.88. The molecule has 1 N–H and O–H groups in total. The Balaban J connectivity index is 2.21. The lowest BCUT2D eigenvalue weighted by atomic mass is 9.81. The zero-order valence-corrected chi connectivity index (χ0v) is 13.5. The Bertz CT molecular complexity index is 790. The van der Waals surface area contributed by atoms with Gasteiger partial charge >= 0.3 is 5.97 Å². The smallest absolute Gasteiger partial charge is 0.318 e. The maximum absolute atomic E-state index is 13.0. The molecule has 1 unspecified atom stereocenters. The molecule has 0 saturated carbocycles. The van der Waals surface area contributed by atoms with Crippen LogP contribution in [0.3, 0.4) is 0 Å². The number of para-hydroxylation sites is 1. The van der Waals surface area contributed by atoms with E-state index in [2.05, 4.69) is 21.2 Å². The molecule has 1 atom stereocenters. The number of hydrogen-bond donors (Lipinski definition) is 1. The quantitative estimate of drug-likeness (QED) is 0.509. The van der Waals surface area contributed by atoms with Gasteiger partial charge in [-0.2, -0.15) is 0 Å². The van der Waals surface area contributed by atoms with Crippen LogP contribution in [0.15, 0.2) is 54.6 Å². The van der Waals surface area contributed by atoms with Crippen molar-refractivity contribution < 1.29 is 19.1 Å². The van der Waals surface area contributed by atoms with Crippen LogP contribution in [-0.2, 0) is 19.9 Å². The lowest BCUT2D eigenvalue weighted by Crippen LogP contribution is -2.53. The number of anilines is 1. The minimum absolute atomic E-state index is 0.121. The number of benzene rings is 2. The van der Waals surface area contributed by atoms with Crippen LogP contribution < -0.4 is 5.32 Å². The third-order valence-corrected chi connectivity index (χ3v) is 4.07. The number of halogens is 1. The van der Waals surface area contributed by atoms with Gasteiger partial charge in [-0.1, -0.05) is 58.4 Å². The van der Waals surface area contributed by atoms with Gasteiger partial charge in [-0.15, -0.1) is 0 Å². The molecule has 0 bridgehead atoms. The molecule has 0 aliphatic carbocycles. The van der Waals surface area contributed by atoms with E-state index in [1.54, 1.807) is 54.6 Å². The second-order valence-corrected chi connectivity index (χ2v) is 5.54. The van der Waals surface area contributed by atoms with E-state index in [1.807, 2.05) is 0 Å². The van der Waals surface area contributed by atoms with Gasteiger partial charge in [-0.25, -0.2) is 0 Å². The summed E-state index contributed by atoms with van der Waals surface area (Å²) in [5.41, 5.74) is -0.992. The molecule has 1 aliphatic rings. The van der Waals surface area contributed by atoms with E-state index < -0.39 is 23.3 Å². The van der Waals surface area contributed by atoms with Crippen LogP contribution in [0.5, 0.6) is 0 Å². The third kappa shape index (κ3) is 2.45. The Kier molecular flexibility index (Phi) is 4.00. The third-order valence-electron chi connectivity index (χ3n) is 3.62. The van der Waals surface area contributed by atoms with Crippen LogP contribution in [0.1, 0.15) is 15.9 Å². The fraction of sp³-hybridized carbons (Fsp3) is 0.118. The van der Waals surface area contributed by atoms with Crippen LogP contribution in [0.4, 0.5) is 5.69 Å². The summed E-state index contributed by atoms with van der Waals surface area (Å²) >= 11 is 2.99. The van der Waals surface area contributed by atoms with Crippen LogP contribution >= 0.6 is 15.9 Å². The van der Waals surface area contributed by atoms with Gasteiger partial charge in [0.25, 0.3) is 11.5 Å². The van der Waals surface area contributed by atoms with Crippen molar-refractivity contribution >= 4 is 39.3 Å². The van der Waals surface area contributed by atoms with Gasteiger partial charge in [0.1, 0.15) is 5.33 Å². The predicted octanol–water partition coefficient (Wildman–Crippen LogP) is 2.66. The Morgan fingerprint density at radius 2 is 1.70 bits per heavy atom. The van der Waals surface area contributed by atoms with Crippen molar-refractivity contribution in [2.75, 3.05) is 10.6 Å². The number of esters is 1. The Hall–Kier alpha value is -2.47. The number of carbonyl (C=O) groups excluding carboxylic acids is 3. The summed E-state index contributed by atoms with van der Waals surface area (Å²) in [5, 5.41) is 2.54. The molecule has 1 heterocycles. The minimum atomic E-state index is -2.01. The molecule has 1 aliphatic heterocycles. The van der Waals surface area contributed by atoms with Crippen molar-refractivity contribution in [1.82, 2.24) is 0 Å². The lowest BCUT2D eigenvalue weighted by molar-refractivity contribution is -0.160. The Morgan fingerprint density at radius 3 is 2.39 bits per heavy atom. The minimum Gasteiger partial charge on any atom is -0.435 e. The summed E-state index contributed by atoms with van der Waals surface area (Å²) in [5.74, 6) is -1.93. The van der Waals surface area contributed by atoms with E-state index in [0.29, 0.717) is 16.8 Å². The largest absolute Gasteiger partial charge is 0.435 e. The number of alkyl halides is 1. The lowest BCUT2D eigenvalue weighted by Gasteiger charge is -2.35. The van der Waals surface area contributed by atoms with Gasteiger partial charge in [0.2, 0.25) is 5.78 Å². The average Bonchev–Trinajstić information content (AvgIpc) is 2.59. The van der Waals surface area contributed by atoms with E-state index in [1.165, 1.54) is 0 Å². The number of fused-ring (bicyclic) bond motifs is 1.